The van der Waals surface area contributed by atoms with Crippen LogP contribution in [0.5, 0.6) is 0 Å². The summed E-state index contributed by atoms with van der Waals surface area (Å²) < 4.78 is 0. The fourth-order valence-corrected chi connectivity index (χ4v) is 1.45. The number of hydrogen-bond acceptors (Lipinski definition) is 3. The van der Waals surface area contributed by atoms with Gasteiger partial charge in [0.05, 0.1) is 0 Å². The minimum atomic E-state index is -0.297. The van der Waals surface area contributed by atoms with Gasteiger partial charge in [0.1, 0.15) is 0 Å². The molecular weight excluding hydrogens is 192 g/mol. The van der Waals surface area contributed by atoms with E-state index in [1.807, 2.05) is 24.3 Å². The molecule has 0 saturated heterocycles. The first-order valence-corrected chi connectivity index (χ1v) is 4.73. The molecule has 0 aliphatic carbocycles. The third-order valence-corrected chi connectivity index (χ3v) is 2.13. The van der Waals surface area contributed by atoms with Crippen LogP contribution in [0.3, 0.4) is 0 Å². The molecule has 0 aliphatic heterocycles. The molecular formula is C10H12N4O. The summed E-state index contributed by atoms with van der Waals surface area (Å²) in [4.78, 5) is 13.5. The highest BCUT2D eigenvalue weighted by Crippen LogP contribution is 2.14. The molecule has 1 heterocycles. The van der Waals surface area contributed by atoms with Crippen LogP contribution >= 0.6 is 0 Å². The Morgan fingerprint density at radius 2 is 2.27 bits per heavy atom. The van der Waals surface area contributed by atoms with E-state index in [-0.39, 0.29) is 5.69 Å². The molecule has 0 fully saturated rings. The second-order valence-electron chi connectivity index (χ2n) is 3.27. The summed E-state index contributed by atoms with van der Waals surface area (Å²) in [5.74, 6) is 0.555. The topological polar surface area (TPSA) is 87.6 Å². The Hall–Kier alpha value is -1.88. The summed E-state index contributed by atoms with van der Waals surface area (Å²) in [5.41, 5.74) is 7.20. The second kappa shape index (κ2) is 4.10. The van der Waals surface area contributed by atoms with Crippen LogP contribution in [0, 0.1) is 0 Å². The molecule has 2 rings (SSSR count). The highest BCUT2D eigenvalue weighted by molar-refractivity contribution is 5.55. The summed E-state index contributed by atoms with van der Waals surface area (Å²) in [6, 6.07) is 7.79. The summed E-state index contributed by atoms with van der Waals surface area (Å²) in [6.45, 7) is 0.612. The van der Waals surface area contributed by atoms with E-state index in [1.54, 1.807) is 0 Å². The molecule has 1 aromatic carbocycles. The number of aromatic amines is 2. The predicted octanol–water partition coefficient (Wildman–Crippen LogP) is 0.266. The number of H-pyrrole nitrogens is 2. The Morgan fingerprint density at radius 1 is 1.40 bits per heavy atom. The van der Waals surface area contributed by atoms with Gasteiger partial charge in [-0.2, -0.15) is 5.10 Å². The summed E-state index contributed by atoms with van der Waals surface area (Å²) in [5, 5.41) is 6.20. The number of nitrogens with one attached hydrogen (secondary N) is 2. The molecule has 78 valence electrons. The van der Waals surface area contributed by atoms with Gasteiger partial charge in [-0.1, -0.05) is 18.2 Å². The largest absolute Gasteiger partial charge is 0.340 e. The number of nitrogens with two attached hydrogens (primary N) is 1. The van der Waals surface area contributed by atoms with Gasteiger partial charge in [0.2, 0.25) is 0 Å². The molecule has 15 heavy (non-hydrogen) atoms. The van der Waals surface area contributed by atoms with E-state index in [1.165, 1.54) is 0 Å². The van der Waals surface area contributed by atoms with Crippen molar-refractivity contribution in [3.8, 4) is 11.4 Å². The first kappa shape index (κ1) is 9.67. The Morgan fingerprint density at radius 3 is 2.93 bits per heavy atom. The van der Waals surface area contributed by atoms with Crippen molar-refractivity contribution in [1.82, 2.24) is 15.2 Å². The maximum Gasteiger partial charge on any atom is 0.340 e. The van der Waals surface area contributed by atoms with Crippen LogP contribution in [0.15, 0.2) is 29.1 Å². The Labute approximate surface area is 86.3 Å². The third-order valence-electron chi connectivity index (χ3n) is 2.13. The summed E-state index contributed by atoms with van der Waals surface area (Å²) in [6.07, 6.45) is 0.822. The standard InChI is InChI=1S/C10H12N4O/c11-5-4-7-2-1-3-8(6-7)9-12-10(15)14-13-9/h1-3,6H,4-5,11H2,(H2,12,13,14,15). The van der Waals surface area contributed by atoms with E-state index < -0.39 is 0 Å². The average Bonchev–Trinajstić information content (AvgIpc) is 2.66. The Kier molecular flexibility index (Phi) is 2.64. The SMILES string of the molecule is NCCc1cccc(-c2n[nH]c(=O)[nH]2)c1. The lowest BCUT2D eigenvalue weighted by Crippen LogP contribution is -2.02. The van der Waals surface area contributed by atoms with Crippen LogP contribution in [0.25, 0.3) is 11.4 Å². The van der Waals surface area contributed by atoms with Crippen LogP contribution in [-0.2, 0) is 6.42 Å². The van der Waals surface area contributed by atoms with Crippen molar-refractivity contribution in [2.24, 2.45) is 5.73 Å². The quantitative estimate of drug-likeness (QED) is 0.670. The lowest BCUT2D eigenvalue weighted by molar-refractivity contribution is 0.968. The van der Waals surface area contributed by atoms with Crippen LogP contribution in [-0.4, -0.2) is 21.7 Å². The maximum absolute atomic E-state index is 10.9. The van der Waals surface area contributed by atoms with Gasteiger partial charge in [0.15, 0.2) is 5.82 Å². The molecule has 0 amide bonds. The van der Waals surface area contributed by atoms with E-state index in [0.717, 1.165) is 17.5 Å². The lowest BCUT2D eigenvalue weighted by atomic mass is 10.1. The molecule has 0 unspecified atom stereocenters. The zero-order valence-electron chi connectivity index (χ0n) is 8.16. The van der Waals surface area contributed by atoms with Crippen molar-refractivity contribution in [2.45, 2.75) is 6.42 Å². The molecule has 5 nitrogen and oxygen atoms in total. The highest BCUT2D eigenvalue weighted by Gasteiger charge is 2.02. The second-order valence-corrected chi connectivity index (χ2v) is 3.27. The van der Waals surface area contributed by atoms with Gasteiger partial charge in [-0.3, -0.25) is 4.98 Å². The minimum absolute atomic E-state index is 0.297. The summed E-state index contributed by atoms with van der Waals surface area (Å²) >= 11 is 0. The fourth-order valence-electron chi connectivity index (χ4n) is 1.45. The van der Waals surface area contributed by atoms with E-state index in [2.05, 4.69) is 15.2 Å². The predicted molar refractivity (Wildman–Crippen MR) is 57.4 cm³/mol. The number of aromatic nitrogens is 3. The average molecular weight is 204 g/mol. The van der Waals surface area contributed by atoms with E-state index >= 15 is 0 Å². The van der Waals surface area contributed by atoms with Crippen molar-refractivity contribution < 1.29 is 0 Å². The lowest BCUT2D eigenvalue weighted by Gasteiger charge is -2.00. The molecule has 4 N–H and O–H groups in total. The maximum atomic E-state index is 10.9. The van der Waals surface area contributed by atoms with Gasteiger partial charge < -0.3 is 5.73 Å². The van der Waals surface area contributed by atoms with Crippen molar-refractivity contribution in [1.29, 1.82) is 0 Å². The molecule has 2 aromatic rings. The Balaban J connectivity index is 2.36. The monoisotopic (exact) mass is 204 g/mol. The minimum Gasteiger partial charge on any atom is -0.330 e. The molecule has 0 spiro atoms. The zero-order chi connectivity index (χ0) is 10.7. The fraction of sp³-hybridized carbons (Fsp3) is 0.200. The van der Waals surface area contributed by atoms with Gasteiger partial charge >= 0.3 is 5.69 Å². The van der Waals surface area contributed by atoms with Gasteiger partial charge in [-0.15, -0.1) is 0 Å². The normalized spacial score (nSPS) is 10.5. The van der Waals surface area contributed by atoms with Crippen LogP contribution in [0.4, 0.5) is 0 Å². The first-order valence-electron chi connectivity index (χ1n) is 4.73. The smallest absolute Gasteiger partial charge is 0.330 e. The highest BCUT2D eigenvalue weighted by atomic mass is 16.1. The number of benzene rings is 1. The molecule has 0 radical (unpaired) electrons. The number of nitrogens with zero attached hydrogens (tertiary/aromatic N) is 1. The molecule has 0 aliphatic rings. The van der Waals surface area contributed by atoms with Gasteiger partial charge in [0, 0.05) is 5.56 Å². The summed E-state index contributed by atoms with van der Waals surface area (Å²) in [7, 11) is 0. The van der Waals surface area contributed by atoms with Crippen LogP contribution < -0.4 is 11.4 Å². The van der Waals surface area contributed by atoms with Crippen LogP contribution in [0.1, 0.15) is 5.56 Å². The molecule has 0 bridgehead atoms. The van der Waals surface area contributed by atoms with E-state index in [9.17, 15) is 4.79 Å². The van der Waals surface area contributed by atoms with Crippen molar-refractivity contribution >= 4 is 0 Å². The van der Waals surface area contributed by atoms with E-state index in [4.69, 9.17) is 5.73 Å². The number of rotatable bonds is 3. The van der Waals surface area contributed by atoms with Crippen molar-refractivity contribution in [3.05, 3.63) is 40.3 Å². The van der Waals surface area contributed by atoms with Gasteiger partial charge in [0.25, 0.3) is 0 Å². The molecule has 0 atom stereocenters. The van der Waals surface area contributed by atoms with Crippen molar-refractivity contribution in [3.63, 3.8) is 0 Å². The van der Waals surface area contributed by atoms with Gasteiger partial charge in [-0.25, -0.2) is 9.89 Å². The van der Waals surface area contributed by atoms with Crippen LogP contribution in [0.2, 0.25) is 0 Å². The third kappa shape index (κ3) is 2.13. The molecule has 5 heteroatoms. The zero-order valence-corrected chi connectivity index (χ0v) is 8.16. The van der Waals surface area contributed by atoms with Gasteiger partial charge in [-0.05, 0) is 24.6 Å². The van der Waals surface area contributed by atoms with Crippen molar-refractivity contribution in [2.75, 3.05) is 6.54 Å². The Bertz CT molecular complexity index is 500. The number of hydrogen-bond donors (Lipinski definition) is 3. The van der Waals surface area contributed by atoms with E-state index in [0.29, 0.717) is 12.4 Å². The first-order chi connectivity index (χ1) is 7.29. The molecule has 0 saturated carbocycles. The molecule has 1 aromatic heterocycles.